The molecule has 0 radical (unpaired) electrons. The quantitative estimate of drug-likeness (QED) is 0.682. The maximum atomic E-state index is 13.2. The molecule has 0 aromatic carbocycles. The van der Waals surface area contributed by atoms with E-state index in [0.717, 1.165) is 0 Å². The first-order valence-corrected chi connectivity index (χ1v) is 5.77. The van der Waals surface area contributed by atoms with Gasteiger partial charge in [-0.1, -0.05) is 23.2 Å². The number of hydrogen-bond acceptors (Lipinski definition) is 5. The second-order valence-corrected chi connectivity index (χ2v) is 4.02. The molecule has 0 unspecified atom stereocenters. The van der Waals surface area contributed by atoms with E-state index in [0.29, 0.717) is 0 Å². The molecule has 1 aromatic heterocycles. The van der Waals surface area contributed by atoms with Gasteiger partial charge in [-0.05, 0) is 13.8 Å². The average Bonchev–Trinajstić information content (AvgIpc) is 2.33. The third kappa shape index (κ3) is 3.14. The molecule has 8 heteroatoms. The maximum absolute atomic E-state index is 13.2. The van der Waals surface area contributed by atoms with Crippen molar-refractivity contribution in [3.05, 3.63) is 16.0 Å². The van der Waals surface area contributed by atoms with E-state index in [1.54, 1.807) is 6.92 Å². The van der Waals surface area contributed by atoms with Crippen LogP contribution < -0.4 is 10.5 Å². The van der Waals surface area contributed by atoms with E-state index >= 15 is 0 Å². The lowest BCUT2D eigenvalue weighted by atomic mass is 10.4. The summed E-state index contributed by atoms with van der Waals surface area (Å²) in [4.78, 5) is 14.7. The van der Waals surface area contributed by atoms with Gasteiger partial charge >= 0.3 is 5.97 Å². The monoisotopic (exact) mass is 296 g/mol. The van der Waals surface area contributed by atoms with E-state index in [4.69, 9.17) is 38.4 Å². The summed E-state index contributed by atoms with van der Waals surface area (Å²) in [6.45, 7) is 3.26. The fourth-order valence-corrected chi connectivity index (χ4v) is 1.43. The molecule has 0 aliphatic rings. The second-order valence-electron chi connectivity index (χ2n) is 3.26. The molecule has 0 saturated heterocycles. The van der Waals surface area contributed by atoms with E-state index < -0.39 is 23.0 Å². The van der Waals surface area contributed by atoms with Gasteiger partial charge in [-0.2, -0.15) is 9.37 Å². The predicted molar refractivity (Wildman–Crippen MR) is 65.4 cm³/mol. The van der Waals surface area contributed by atoms with Crippen LogP contribution in [0.2, 0.25) is 10.0 Å². The normalized spacial score (nSPS) is 12.1. The zero-order chi connectivity index (χ0) is 13.9. The van der Waals surface area contributed by atoms with Crippen molar-refractivity contribution in [2.75, 3.05) is 12.3 Å². The largest absolute Gasteiger partial charge is 0.463 e. The van der Waals surface area contributed by atoms with Crippen LogP contribution in [0, 0.1) is 5.95 Å². The fraction of sp³-hybridized carbons (Fsp3) is 0.400. The Hall–Kier alpha value is -1.27. The minimum absolute atomic E-state index is 0.155. The molecule has 1 rings (SSSR count). The van der Waals surface area contributed by atoms with Crippen LogP contribution >= 0.6 is 23.2 Å². The summed E-state index contributed by atoms with van der Waals surface area (Å²) in [5.74, 6) is -1.95. The Labute approximate surface area is 113 Å². The number of esters is 1. The minimum Gasteiger partial charge on any atom is -0.463 e. The van der Waals surface area contributed by atoms with Crippen molar-refractivity contribution < 1.29 is 18.7 Å². The highest BCUT2D eigenvalue weighted by Gasteiger charge is 2.22. The first kappa shape index (κ1) is 14.8. The van der Waals surface area contributed by atoms with Gasteiger partial charge in [0.2, 0.25) is 11.8 Å². The predicted octanol–water partition coefficient (Wildman–Crippen LogP) is 2.44. The van der Waals surface area contributed by atoms with Crippen LogP contribution in [0.5, 0.6) is 5.88 Å². The summed E-state index contributed by atoms with van der Waals surface area (Å²) >= 11 is 11.3. The van der Waals surface area contributed by atoms with Crippen LogP contribution in [0.15, 0.2) is 0 Å². The second kappa shape index (κ2) is 6.06. The van der Waals surface area contributed by atoms with Crippen molar-refractivity contribution in [2.45, 2.75) is 20.0 Å². The Morgan fingerprint density at radius 1 is 1.50 bits per heavy atom. The Kier molecular flexibility index (Phi) is 4.98. The summed E-state index contributed by atoms with van der Waals surface area (Å²) in [6, 6.07) is 0. The number of nitrogen functional groups attached to an aromatic ring is 1. The highest BCUT2D eigenvalue weighted by Crippen LogP contribution is 2.35. The minimum atomic E-state index is -1.02. The van der Waals surface area contributed by atoms with Crippen LogP contribution in [0.1, 0.15) is 13.8 Å². The van der Waals surface area contributed by atoms with Crippen molar-refractivity contribution in [2.24, 2.45) is 0 Å². The first-order chi connectivity index (χ1) is 8.38. The number of aromatic nitrogens is 1. The zero-order valence-corrected chi connectivity index (χ0v) is 11.2. The molecule has 0 aliphatic heterocycles. The number of nitrogens with zero attached hydrogens (tertiary/aromatic N) is 1. The van der Waals surface area contributed by atoms with Gasteiger partial charge in [0.05, 0.1) is 12.3 Å². The van der Waals surface area contributed by atoms with Crippen LogP contribution in [-0.4, -0.2) is 23.7 Å². The lowest BCUT2D eigenvalue weighted by Crippen LogP contribution is -2.26. The summed E-state index contributed by atoms with van der Waals surface area (Å²) in [5, 5.41) is -0.548. The number of hydrogen-bond donors (Lipinski definition) is 1. The summed E-state index contributed by atoms with van der Waals surface area (Å²) < 4.78 is 23.0. The summed E-state index contributed by atoms with van der Waals surface area (Å²) in [6.07, 6.45) is -0.991. The summed E-state index contributed by atoms with van der Waals surface area (Å²) in [5.41, 5.74) is 5.26. The third-order valence-electron chi connectivity index (χ3n) is 1.95. The lowest BCUT2D eigenvalue weighted by Gasteiger charge is -2.14. The molecule has 1 atom stereocenters. The molecule has 0 amide bonds. The molecular weight excluding hydrogens is 286 g/mol. The van der Waals surface area contributed by atoms with E-state index in [2.05, 4.69) is 4.98 Å². The van der Waals surface area contributed by atoms with Gasteiger partial charge in [0.25, 0.3) is 0 Å². The van der Waals surface area contributed by atoms with Gasteiger partial charge in [0, 0.05) is 0 Å². The molecule has 0 fully saturated rings. The Morgan fingerprint density at radius 3 is 2.67 bits per heavy atom. The zero-order valence-electron chi connectivity index (χ0n) is 9.67. The molecule has 100 valence electrons. The molecule has 18 heavy (non-hydrogen) atoms. The summed E-state index contributed by atoms with van der Waals surface area (Å²) in [7, 11) is 0. The standard InChI is InChI=1S/C10H11Cl2FN2O3/c1-3-17-10(16)4(2)18-9-6(12)7(14)5(11)8(13)15-9/h4H,3H2,1-2H3,(H2,14,15)/t4-/m0/s1. The van der Waals surface area contributed by atoms with E-state index in [9.17, 15) is 9.18 Å². The number of halogens is 3. The van der Waals surface area contributed by atoms with E-state index in [1.165, 1.54) is 6.92 Å². The maximum Gasteiger partial charge on any atom is 0.347 e. The fourth-order valence-electron chi connectivity index (χ4n) is 1.06. The van der Waals surface area contributed by atoms with Crippen molar-refractivity contribution in [3.63, 3.8) is 0 Å². The molecule has 0 spiro atoms. The molecule has 1 heterocycles. The topological polar surface area (TPSA) is 74.4 Å². The molecular formula is C10H11Cl2FN2O3. The Morgan fingerprint density at radius 2 is 2.11 bits per heavy atom. The molecule has 1 aromatic rings. The Balaban J connectivity index is 2.95. The molecule has 0 aliphatic carbocycles. The van der Waals surface area contributed by atoms with Crippen molar-refractivity contribution in [1.29, 1.82) is 0 Å². The third-order valence-corrected chi connectivity index (χ3v) is 2.67. The number of carbonyl (C=O) groups is 1. The van der Waals surface area contributed by atoms with Gasteiger partial charge in [-0.25, -0.2) is 4.79 Å². The van der Waals surface area contributed by atoms with Crippen LogP contribution in [0.3, 0.4) is 0 Å². The number of rotatable bonds is 4. The number of anilines is 1. The highest BCUT2D eigenvalue weighted by atomic mass is 35.5. The van der Waals surface area contributed by atoms with E-state index in [1.807, 2.05) is 0 Å². The van der Waals surface area contributed by atoms with Crippen LogP contribution in [0.25, 0.3) is 0 Å². The average molecular weight is 297 g/mol. The van der Waals surface area contributed by atoms with Crippen LogP contribution in [0.4, 0.5) is 10.1 Å². The molecule has 0 bridgehead atoms. The molecule has 0 saturated carbocycles. The number of nitrogens with two attached hydrogens (primary N) is 1. The smallest absolute Gasteiger partial charge is 0.347 e. The first-order valence-electron chi connectivity index (χ1n) is 5.01. The molecule has 2 N–H and O–H groups in total. The van der Waals surface area contributed by atoms with Gasteiger partial charge < -0.3 is 15.2 Å². The SMILES string of the molecule is CCOC(=O)[C@H](C)Oc1nc(F)c(Cl)c(N)c1Cl. The van der Waals surface area contributed by atoms with Crippen molar-refractivity contribution >= 4 is 34.9 Å². The van der Waals surface area contributed by atoms with Gasteiger partial charge in [0.15, 0.2) is 6.10 Å². The van der Waals surface area contributed by atoms with Gasteiger partial charge in [-0.15, -0.1) is 0 Å². The van der Waals surface area contributed by atoms with Crippen LogP contribution in [-0.2, 0) is 9.53 Å². The number of pyridine rings is 1. The van der Waals surface area contributed by atoms with E-state index in [-0.39, 0.29) is 23.2 Å². The lowest BCUT2D eigenvalue weighted by molar-refractivity contribution is -0.150. The number of carbonyl (C=O) groups excluding carboxylic acids is 1. The molecule has 5 nitrogen and oxygen atoms in total. The van der Waals surface area contributed by atoms with Crippen molar-refractivity contribution in [1.82, 2.24) is 4.98 Å². The van der Waals surface area contributed by atoms with Gasteiger partial charge in [-0.3, -0.25) is 0 Å². The van der Waals surface area contributed by atoms with Gasteiger partial charge in [0.1, 0.15) is 10.0 Å². The Bertz CT molecular complexity index is 471. The number of ether oxygens (including phenoxy) is 2. The van der Waals surface area contributed by atoms with Crippen molar-refractivity contribution in [3.8, 4) is 5.88 Å². The highest BCUT2D eigenvalue weighted by molar-refractivity contribution is 6.39.